The van der Waals surface area contributed by atoms with Gasteiger partial charge in [0.1, 0.15) is 11.4 Å². The summed E-state index contributed by atoms with van der Waals surface area (Å²) in [4.78, 5) is 16.0. The van der Waals surface area contributed by atoms with E-state index in [2.05, 4.69) is 28.5 Å². The smallest absolute Gasteiger partial charge is 0.214 e. The number of nitrogens with zero attached hydrogens (tertiary/aromatic N) is 4. The molecular weight excluding hydrogens is 254 g/mol. The molecule has 0 N–H and O–H groups in total. The Morgan fingerprint density at radius 2 is 1.79 bits per heavy atom. The first-order chi connectivity index (χ1) is 9.02. The van der Waals surface area contributed by atoms with Crippen molar-refractivity contribution in [2.45, 2.75) is 0 Å². The van der Waals surface area contributed by atoms with Crippen LogP contribution in [0.25, 0.3) is 0 Å². The molecule has 0 fully saturated rings. The molecular formula is C12H6F2N4O. The number of hydrogen-bond donors (Lipinski definition) is 0. The van der Waals surface area contributed by atoms with Crippen molar-refractivity contribution >= 4 is 23.9 Å². The van der Waals surface area contributed by atoms with Crippen molar-refractivity contribution in [3.8, 4) is 0 Å². The highest BCUT2D eigenvalue weighted by Crippen LogP contribution is 2.28. The van der Waals surface area contributed by atoms with E-state index in [1.807, 2.05) is 0 Å². The lowest BCUT2D eigenvalue weighted by molar-refractivity contribution is 0.106. The molecule has 0 spiro atoms. The maximum atomic E-state index is 13.3. The van der Waals surface area contributed by atoms with E-state index in [0.29, 0.717) is 0 Å². The minimum Gasteiger partial charge on any atom is -0.287 e. The summed E-state index contributed by atoms with van der Waals surface area (Å²) < 4.78 is 26.4. The van der Waals surface area contributed by atoms with Gasteiger partial charge in [0, 0.05) is 17.8 Å². The van der Waals surface area contributed by atoms with Gasteiger partial charge in [-0.3, -0.25) is 4.79 Å². The first-order valence-electron chi connectivity index (χ1n) is 5.20. The molecule has 0 saturated heterocycles. The van der Waals surface area contributed by atoms with Crippen LogP contribution in [0.4, 0.5) is 8.78 Å². The molecule has 1 aromatic rings. The number of aliphatic imine (C=N–C) groups is 1. The normalized spacial score (nSPS) is 16.8. The summed E-state index contributed by atoms with van der Waals surface area (Å²) in [5, 5.41) is 8.54. The second-order valence-electron chi connectivity index (χ2n) is 3.90. The molecule has 0 radical (unpaired) electrons. The lowest BCUT2D eigenvalue weighted by Gasteiger charge is -2.17. The second-order valence-corrected chi connectivity index (χ2v) is 3.90. The Morgan fingerprint density at radius 3 is 2.42 bits per heavy atom. The number of ketones is 1. The molecule has 3 rings (SSSR count). The largest absolute Gasteiger partial charge is 0.287 e. The Labute approximate surface area is 106 Å². The van der Waals surface area contributed by atoms with Crippen molar-refractivity contribution in [3.63, 3.8) is 0 Å². The van der Waals surface area contributed by atoms with Crippen molar-refractivity contribution in [1.82, 2.24) is 5.12 Å². The average molecular weight is 260 g/mol. The minimum atomic E-state index is -1.09. The van der Waals surface area contributed by atoms with Crippen molar-refractivity contribution in [2.75, 3.05) is 0 Å². The molecule has 5 nitrogen and oxygen atoms in total. The molecule has 0 aromatic heterocycles. The standard InChI is InChI=1S/C12H6F2N4O/c1-5-16-11-10(17-18(5)15-2)6-3-8(13)9(14)4-7(6)12(11)19/h3-4H,1-2H2. The predicted molar refractivity (Wildman–Crippen MR) is 65.2 cm³/mol. The van der Waals surface area contributed by atoms with E-state index in [0.717, 1.165) is 17.3 Å². The van der Waals surface area contributed by atoms with Crippen LogP contribution >= 0.6 is 0 Å². The maximum absolute atomic E-state index is 13.3. The Hall–Kier alpha value is -2.70. The molecule has 1 aromatic carbocycles. The van der Waals surface area contributed by atoms with Crippen LogP contribution in [-0.4, -0.2) is 29.0 Å². The number of hydrazone groups is 2. The summed E-state index contributed by atoms with van der Waals surface area (Å²) in [7, 11) is 0. The first-order valence-corrected chi connectivity index (χ1v) is 5.20. The number of carbonyl (C=O) groups is 1. The van der Waals surface area contributed by atoms with Gasteiger partial charge in [0.05, 0.1) is 0 Å². The van der Waals surface area contributed by atoms with E-state index in [1.165, 1.54) is 0 Å². The van der Waals surface area contributed by atoms with Crippen molar-refractivity contribution in [1.29, 1.82) is 0 Å². The van der Waals surface area contributed by atoms with E-state index in [9.17, 15) is 13.6 Å². The SMILES string of the molecule is C=NN1N=C2C(=NC1=C)C(=O)c1cc(F)c(F)cc12. The van der Waals surface area contributed by atoms with Gasteiger partial charge >= 0.3 is 0 Å². The van der Waals surface area contributed by atoms with Crippen molar-refractivity contribution in [2.24, 2.45) is 15.2 Å². The van der Waals surface area contributed by atoms with Gasteiger partial charge in [-0.2, -0.15) is 5.10 Å². The third-order valence-electron chi connectivity index (χ3n) is 2.80. The van der Waals surface area contributed by atoms with Crippen molar-refractivity contribution < 1.29 is 13.6 Å². The number of Topliss-reactive ketones (excluding diaryl/α,β-unsaturated/α-hetero) is 1. The first kappa shape index (κ1) is 11.4. The lowest BCUT2D eigenvalue weighted by Crippen LogP contribution is -2.25. The molecule has 0 amide bonds. The topological polar surface area (TPSA) is 57.4 Å². The Bertz CT molecular complexity index is 721. The number of rotatable bonds is 1. The quantitative estimate of drug-likeness (QED) is 0.722. The van der Waals surface area contributed by atoms with Crippen LogP contribution in [-0.2, 0) is 0 Å². The third kappa shape index (κ3) is 1.44. The zero-order valence-corrected chi connectivity index (χ0v) is 9.52. The van der Waals surface area contributed by atoms with Crippen LogP contribution in [0.1, 0.15) is 15.9 Å². The van der Waals surface area contributed by atoms with Gasteiger partial charge in [-0.05, 0) is 12.1 Å². The molecule has 19 heavy (non-hydrogen) atoms. The van der Waals surface area contributed by atoms with Crippen LogP contribution in [0, 0.1) is 11.6 Å². The molecule has 7 heteroatoms. The number of fused-ring (bicyclic) bond motifs is 3. The zero-order valence-electron chi connectivity index (χ0n) is 9.52. The Morgan fingerprint density at radius 1 is 1.16 bits per heavy atom. The fourth-order valence-electron chi connectivity index (χ4n) is 1.94. The molecule has 0 bridgehead atoms. The molecule has 0 atom stereocenters. The van der Waals surface area contributed by atoms with Crippen molar-refractivity contribution in [3.05, 3.63) is 47.3 Å². The fraction of sp³-hybridized carbons (Fsp3) is 0. The van der Waals surface area contributed by atoms with Gasteiger partial charge in [-0.1, -0.05) is 6.58 Å². The average Bonchev–Trinajstić information content (AvgIpc) is 2.63. The Balaban J connectivity index is 2.27. The highest BCUT2D eigenvalue weighted by atomic mass is 19.2. The summed E-state index contributed by atoms with van der Waals surface area (Å²) in [6, 6.07) is 1.75. The van der Waals surface area contributed by atoms with Gasteiger partial charge in [-0.15, -0.1) is 10.2 Å². The van der Waals surface area contributed by atoms with Crippen LogP contribution in [0.3, 0.4) is 0 Å². The summed E-state index contributed by atoms with van der Waals surface area (Å²) >= 11 is 0. The molecule has 94 valence electrons. The van der Waals surface area contributed by atoms with Crippen LogP contribution in [0.2, 0.25) is 0 Å². The van der Waals surface area contributed by atoms with Crippen LogP contribution in [0.15, 0.2) is 39.7 Å². The van der Waals surface area contributed by atoms with Gasteiger partial charge in [0.2, 0.25) is 5.78 Å². The highest BCUT2D eigenvalue weighted by molar-refractivity contribution is 6.78. The number of benzene rings is 1. The minimum absolute atomic E-state index is 0.00454. The molecule has 2 aliphatic rings. The zero-order chi connectivity index (χ0) is 13.7. The van der Waals surface area contributed by atoms with E-state index < -0.39 is 17.4 Å². The summed E-state index contributed by atoms with van der Waals surface area (Å²) in [5.41, 5.74) is 0.350. The predicted octanol–water partition coefficient (Wildman–Crippen LogP) is 1.71. The maximum Gasteiger partial charge on any atom is 0.214 e. The molecule has 1 aliphatic heterocycles. The van der Waals surface area contributed by atoms with Gasteiger partial charge in [0.15, 0.2) is 17.5 Å². The molecule has 0 saturated carbocycles. The summed E-state index contributed by atoms with van der Waals surface area (Å²) in [6.07, 6.45) is 0. The molecule has 0 unspecified atom stereocenters. The lowest BCUT2D eigenvalue weighted by atomic mass is 10.1. The van der Waals surface area contributed by atoms with Gasteiger partial charge in [-0.25, -0.2) is 13.8 Å². The number of hydrogen-bond acceptors (Lipinski definition) is 5. The highest BCUT2D eigenvalue weighted by Gasteiger charge is 2.37. The number of halogens is 2. The van der Waals surface area contributed by atoms with Gasteiger partial charge < -0.3 is 0 Å². The van der Waals surface area contributed by atoms with E-state index in [4.69, 9.17) is 0 Å². The van der Waals surface area contributed by atoms with Gasteiger partial charge in [0.25, 0.3) is 0 Å². The summed E-state index contributed by atoms with van der Waals surface area (Å²) in [6.45, 7) is 6.83. The monoisotopic (exact) mass is 260 g/mol. The Kier molecular flexibility index (Phi) is 2.19. The molecule has 1 aliphatic carbocycles. The van der Waals surface area contributed by atoms with Crippen LogP contribution < -0.4 is 0 Å². The number of carbonyl (C=O) groups excluding carboxylic acids is 1. The van der Waals surface area contributed by atoms with E-state index >= 15 is 0 Å². The molecule has 1 heterocycles. The summed E-state index contributed by atoms with van der Waals surface area (Å²) in [5.74, 6) is -2.56. The van der Waals surface area contributed by atoms with E-state index in [1.54, 1.807) is 0 Å². The van der Waals surface area contributed by atoms with E-state index in [-0.39, 0.29) is 28.4 Å². The second kappa shape index (κ2) is 3.64. The third-order valence-corrected chi connectivity index (χ3v) is 2.80. The fourth-order valence-corrected chi connectivity index (χ4v) is 1.94. The van der Waals surface area contributed by atoms with Crippen LogP contribution in [0.5, 0.6) is 0 Å².